The Balaban J connectivity index is 3.57. The van der Waals surface area contributed by atoms with Gasteiger partial charge in [-0.3, -0.25) is 10.0 Å². The molecule has 0 saturated carbocycles. The third-order valence-corrected chi connectivity index (χ3v) is 0.743. The number of amides is 1. The van der Waals surface area contributed by atoms with Crippen molar-refractivity contribution in [1.82, 2.24) is 5.48 Å². The van der Waals surface area contributed by atoms with E-state index in [9.17, 15) is 4.79 Å². The second-order valence-corrected chi connectivity index (χ2v) is 2.08. The fourth-order valence-corrected chi connectivity index (χ4v) is 0.317. The molecule has 0 spiro atoms. The molecule has 0 aromatic rings. The van der Waals surface area contributed by atoms with Crippen LogP contribution in [0.2, 0.25) is 0 Å². The molecule has 0 heterocycles. The van der Waals surface area contributed by atoms with Gasteiger partial charge in [0.05, 0.1) is 0 Å². The Hall–Kier alpha value is -0.830. The molecule has 0 unspecified atom stereocenters. The van der Waals surface area contributed by atoms with Gasteiger partial charge in [-0.1, -0.05) is 19.9 Å². The Morgan fingerprint density at radius 2 is 2.22 bits per heavy atom. The van der Waals surface area contributed by atoms with Gasteiger partial charge in [0.2, 0.25) is 0 Å². The molecular formula is C6H11NO2. The van der Waals surface area contributed by atoms with E-state index in [2.05, 4.69) is 0 Å². The highest BCUT2D eigenvalue weighted by Crippen LogP contribution is 1.91. The molecule has 1 amide bonds. The maximum atomic E-state index is 10.3. The fraction of sp³-hybridized carbons (Fsp3) is 0.500. The Kier molecular flexibility index (Phi) is 3.71. The van der Waals surface area contributed by atoms with Crippen LogP contribution in [-0.2, 0) is 4.79 Å². The smallest absolute Gasteiger partial charge is 0.267 e. The van der Waals surface area contributed by atoms with Crippen molar-refractivity contribution in [2.75, 3.05) is 0 Å². The van der Waals surface area contributed by atoms with Gasteiger partial charge in [-0.2, -0.15) is 0 Å². The van der Waals surface area contributed by atoms with Gasteiger partial charge in [-0.05, 0) is 5.92 Å². The first kappa shape index (κ1) is 8.17. The predicted octanol–water partition coefficient (Wildman–Crippen LogP) is 0.704. The second kappa shape index (κ2) is 4.09. The summed E-state index contributed by atoms with van der Waals surface area (Å²) < 4.78 is 0. The van der Waals surface area contributed by atoms with Crippen molar-refractivity contribution in [1.29, 1.82) is 0 Å². The standard InChI is InChI=1S/C6H11NO2/c1-5(2)3-4-6(8)7-9/h3-5,9H,1-2H3,(H,7,8)/b4-3+. The minimum Gasteiger partial charge on any atom is -0.288 e. The largest absolute Gasteiger partial charge is 0.288 e. The van der Waals surface area contributed by atoms with Gasteiger partial charge in [0.1, 0.15) is 0 Å². The van der Waals surface area contributed by atoms with Crippen molar-refractivity contribution in [3.8, 4) is 0 Å². The summed E-state index contributed by atoms with van der Waals surface area (Å²) in [4.78, 5) is 10.3. The highest BCUT2D eigenvalue weighted by molar-refractivity contribution is 5.86. The third kappa shape index (κ3) is 5.03. The summed E-state index contributed by atoms with van der Waals surface area (Å²) in [5.41, 5.74) is 1.49. The average Bonchev–Trinajstić information content (AvgIpc) is 1.83. The van der Waals surface area contributed by atoms with E-state index in [1.807, 2.05) is 13.8 Å². The number of hydrogen-bond acceptors (Lipinski definition) is 2. The lowest BCUT2D eigenvalue weighted by molar-refractivity contribution is -0.124. The van der Waals surface area contributed by atoms with Crippen LogP contribution in [-0.4, -0.2) is 11.1 Å². The quantitative estimate of drug-likeness (QED) is 0.327. The molecule has 0 aliphatic rings. The van der Waals surface area contributed by atoms with Crippen LogP contribution in [0.5, 0.6) is 0 Å². The van der Waals surface area contributed by atoms with Crippen LogP contribution in [0.25, 0.3) is 0 Å². The summed E-state index contributed by atoms with van der Waals surface area (Å²) in [6.45, 7) is 3.89. The predicted molar refractivity (Wildman–Crippen MR) is 33.9 cm³/mol. The van der Waals surface area contributed by atoms with Gasteiger partial charge in [0, 0.05) is 6.08 Å². The van der Waals surface area contributed by atoms with Crippen LogP contribution in [0.4, 0.5) is 0 Å². The molecular weight excluding hydrogens is 118 g/mol. The lowest BCUT2D eigenvalue weighted by Crippen LogP contribution is -2.15. The lowest BCUT2D eigenvalue weighted by Gasteiger charge is -1.91. The summed E-state index contributed by atoms with van der Waals surface area (Å²) in [5, 5.41) is 8.00. The van der Waals surface area contributed by atoms with E-state index in [1.54, 1.807) is 6.08 Å². The van der Waals surface area contributed by atoms with E-state index in [0.29, 0.717) is 5.92 Å². The van der Waals surface area contributed by atoms with Gasteiger partial charge in [-0.15, -0.1) is 0 Å². The van der Waals surface area contributed by atoms with E-state index in [-0.39, 0.29) is 0 Å². The van der Waals surface area contributed by atoms with Crippen LogP contribution in [0.1, 0.15) is 13.8 Å². The van der Waals surface area contributed by atoms with Crippen molar-refractivity contribution in [2.45, 2.75) is 13.8 Å². The van der Waals surface area contributed by atoms with E-state index in [1.165, 1.54) is 11.6 Å². The number of hydroxylamine groups is 1. The molecule has 0 aliphatic heterocycles. The summed E-state index contributed by atoms with van der Waals surface area (Å²) >= 11 is 0. The average molecular weight is 129 g/mol. The van der Waals surface area contributed by atoms with E-state index in [4.69, 9.17) is 5.21 Å². The zero-order valence-corrected chi connectivity index (χ0v) is 5.59. The van der Waals surface area contributed by atoms with Crippen molar-refractivity contribution in [3.63, 3.8) is 0 Å². The first-order chi connectivity index (χ1) is 4.16. The molecule has 0 atom stereocenters. The lowest BCUT2D eigenvalue weighted by atomic mass is 10.2. The summed E-state index contributed by atoms with van der Waals surface area (Å²) in [5.74, 6) is -0.147. The number of rotatable bonds is 2. The number of carbonyl (C=O) groups is 1. The van der Waals surface area contributed by atoms with Crippen LogP contribution >= 0.6 is 0 Å². The number of nitrogens with one attached hydrogen (secondary N) is 1. The van der Waals surface area contributed by atoms with Gasteiger partial charge in [0.25, 0.3) is 5.91 Å². The first-order valence-electron chi connectivity index (χ1n) is 2.79. The van der Waals surface area contributed by atoms with E-state index in [0.717, 1.165) is 0 Å². The number of hydrogen-bond donors (Lipinski definition) is 2. The highest BCUT2D eigenvalue weighted by atomic mass is 16.5. The summed E-state index contributed by atoms with van der Waals surface area (Å²) in [7, 11) is 0. The van der Waals surface area contributed by atoms with Gasteiger partial charge < -0.3 is 0 Å². The SMILES string of the molecule is CC(C)/C=C/C(=O)NO. The zero-order chi connectivity index (χ0) is 7.28. The third-order valence-electron chi connectivity index (χ3n) is 0.743. The maximum Gasteiger partial charge on any atom is 0.267 e. The number of allylic oxidation sites excluding steroid dienone is 1. The molecule has 0 bridgehead atoms. The normalized spacial score (nSPS) is 10.7. The molecule has 0 aromatic heterocycles. The minimum atomic E-state index is -0.483. The molecule has 0 fully saturated rings. The molecule has 0 saturated heterocycles. The Morgan fingerprint density at radius 3 is 2.56 bits per heavy atom. The molecule has 0 radical (unpaired) electrons. The van der Waals surface area contributed by atoms with Crippen molar-refractivity contribution < 1.29 is 10.0 Å². The van der Waals surface area contributed by atoms with E-state index >= 15 is 0 Å². The van der Waals surface area contributed by atoms with E-state index < -0.39 is 5.91 Å². The Morgan fingerprint density at radius 1 is 1.67 bits per heavy atom. The van der Waals surface area contributed by atoms with Crippen molar-refractivity contribution >= 4 is 5.91 Å². The molecule has 0 rings (SSSR count). The fourth-order valence-electron chi connectivity index (χ4n) is 0.317. The monoisotopic (exact) mass is 129 g/mol. The topological polar surface area (TPSA) is 49.3 Å². The molecule has 52 valence electrons. The number of carbonyl (C=O) groups excluding carboxylic acids is 1. The zero-order valence-electron chi connectivity index (χ0n) is 5.59. The second-order valence-electron chi connectivity index (χ2n) is 2.08. The van der Waals surface area contributed by atoms with Crippen LogP contribution < -0.4 is 5.48 Å². The first-order valence-corrected chi connectivity index (χ1v) is 2.79. The van der Waals surface area contributed by atoms with Crippen molar-refractivity contribution in [3.05, 3.63) is 12.2 Å². The molecule has 2 N–H and O–H groups in total. The summed E-state index contributed by atoms with van der Waals surface area (Å²) in [6, 6.07) is 0. The molecule has 3 nitrogen and oxygen atoms in total. The minimum absolute atomic E-state index is 0.335. The molecule has 3 heteroatoms. The molecule has 0 aliphatic carbocycles. The summed E-state index contributed by atoms with van der Waals surface area (Å²) in [6.07, 6.45) is 3.00. The molecule has 0 aromatic carbocycles. The van der Waals surface area contributed by atoms with Gasteiger partial charge >= 0.3 is 0 Å². The Labute approximate surface area is 54.3 Å². The maximum absolute atomic E-state index is 10.3. The van der Waals surface area contributed by atoms with Crippen molar-refractivity contribution in [2.24, 2.45) is 5.92 Å². The van der Waals surface area contributed by atoms with Gasteiger partial charge in [-0.25, -0.2) is 5.48 Å². The van der Waals surface area contributed by atoms with Crippen LogP contribution in [0.15, 0.2) is 12.2 Å². The molecule has 9 heavy (non-hydrogen) atoms. The Bertz CT molecular complexity index is 118. The van der Waals surface area contributed by atoms with Crippen LogP contribution in [0, 0.1) is 5.92 Å². The van der Waals surface area contributed by atoms with Gasteiger partial charge in [0.15, 0.2) is 0 Å². The van der Waals surface area contributed by atoms with Crippen LogP contribution in [0.3, 0.4) is 0 Å². The highest BCUT2D eigenvalue weighted by Gasteiger charge is 1.89.